The number of rotatable bonds is 13. The van der Waals surface area contributed by atoms with Crippen LogP contribution in [0.25, 0.3) is 11.2 Å². The molecule has 3 aromatic rings. The highest BCUT2D eigenvalue weighted by molar-refractivity contribution is 5.82. The third-order valence-corrected chi connectivity index (χ3v) is 5.82. The second-order valence-electron chi connectivity index (χ2n) is 8.19. The van der Waals surface area contributed by atoms with E-state index in [0.29, 0.717) is 42.0 Å². The van der Waals surface area contributed by atoms with Gasteiger partial charge in [-0.1, -0.05) is 45.1 Å². The molecular formula is C24H33N5O3. The zero-order chi connectivity index (χ0) is 22.9. The summed E-state index contributed by atoms with van der Waals surface area (Å²) in [4.78, 5) is 25.7. The van der Waals surface area contributed by atoms with Gasteiger partial charge in [0.15, 0.2) is 23.0 Å². The number of Topliss-reactive ketones (excluding diaryl/α,β-unsaturated/α-hetero) is 1. The highest BCUT2D eigenvalue weighted by Gasteiger charge is 2.20. The Bertz CT molecular complexity index is 1030. The standard InChI is InChI=1S/C24H33N5O3/c1-3-4-5-6-7-8-18(29-16-28-22-23(25)26-15-27-24(22)29)14-19(30)11-9-17-10-12-20(31)21(13-17)32-2/h10,12-13,15-16,18,31H,3-9,11,14H2,1-2H3,(H2,25,26,27)/t18-/m0/s1. The van der Waals surface area contributed by atoms with Crippen molar-refractivity contribution in [2.45, 2.75) is 70.8 Å². The van der Waals surface area contributed by atoms with Crippen LogP contribution >= 0.6 is 0 Å². The van der Waals surface area contributed by atoms with Gasteiger partial charge in [0, 0.05) is 18.9 Å². The van der Waals surface area contributed by atoms with Crippen LogP contribution < -0.4 is 10.5 Å². The van der Waals surface area contributed by atoms with Crippen LogP contribution in [0.1, 0.15) is 69.9 Å². The van der Waals surface area contributed by atoms with Crippen LogP contribution in [0.15, 0.2) is 30.9 Å². The Hall–Kier alpha value is -3.16. The number of anilines is 1. The second kappa shape index (κ2) is 11.5. The molecule has 3 rings (SSSR count). The maximum Gasteiger partial charge on any atom is 0.165 e. The average molecular weight is 440 g/mol. The molecule has 0 radical (unpaired) electrons. The maximum atomic E-state index is 12.9. The second-order valence-corrected chi connectivity index (χ2v) is 8.19. The number of phenolic OH excluding ortho intramolecular Hbond substituents is 1. The number of hydrogen-bond donors (Lipinski definition) is 2. The summed E-state index contributed by atoms with van der Waals surface area (Å²) in [6.07, 6.45) is 11.3. The predicted molar refractivity (Wildman–Crippen MR) is 125 cm³/mol. The van der Waals surface area contributed by atoms with E-state index in [-0.39, 0.29) is 17.6 Å². The van der Waals surface area contributed by atoms with Crippen molar-refractivity contribution in [3.63, 3.8) is 0 Å². The first kappa shape index (κ1) is 23.5. The summed E-state index contributed by atoms with van der Waals surface area (Å²) in [5.41, 5.74) is 8.16. The minimum atomic E-state index is -0.0159. The highest BCUT2D eigenvalue weighted by Crippen LogP contribution is 2.28. The van der Waals surface area contributed by atoms with Gasteiger partial charge >= 0.3 is 0 Å². The molecule has 8 nitrogen and oxygen atoms in total. The molecule has 0 aliphatic carbocycles. The minimum absolute atomic E-state index is 0.0159. The van der Waals surface area contributed by atoms with Gasteiger partial charge in [0.1, 0.15) is 17.6 Å². The molecular weight excluding hydrogens is 406 g/mol. The van der Waals surface area contributed by atoms with Gasteiger partial charge in [0.2, 0.25) is 0 Å². The molecule has 0 unspecified atom stereocenters. The van der Waals surface area contributed by atoms with Gasteiger partial charge in [-0.15, -0.1) is 0 Å². The number of ketones is 1. The smallest absolute Gasteiger partial charge is 0.165 e. The van der Waals surface area contributed by atoms with Crippen molar-refractivity contribution < 1.29 is 14.6 Å². The van der Waals surface area contributed by atoms with Crippen molar-refractivity contribution in [3.05, 3.63) is 36.4 Å². The lowest BCUT2D eigenvalue weighted by molar-refractivity contribution is -0.119. The quantitative estimate of drug-likeness (QED) is 0.373. The molecule has 0 saturated carbocycles. The van der Waals surface area contributed by atoms with Gasteiger partial charge in [0.25, 0.3) is 0 Å². The Balaban J connectivity index is 1.68. The van der Waals surface area contributed by atoms with E-state index in [1.807, 2.05) is 10.6 Å². The molecule has 0 amide bonds. The van der Waals surface area contributed by atoms with Crippen LogP contribution in [-0.2, 0) is 11.2 Å². The lowest BCUT2D eigenvalue weighted by atomic mass is 9.98. The number of unbranched alkanes of at least 4 members (excludes halogenated alkanes) is 4. The monoisotopic (exact) mass is 439 g/mol. The fourth-order valence-corrected chi connectivity index (χ4v) is 3.99. The first-order valence-electron chi connectivity index (χ1n) is 11.3. The van der Waals surface area contributed by atoms with Gasteiger partial charge in [-0.3, -0.25) is 4.79 Å². The van der Waals surface area contributed by atoms with Crippen molar-refractivity contribution in [2.24, 2.45) is 0 Å². The zero-order valence-electron chi connectivity index (χ0n) is 19.0. The third-order valence-electron chi connectivity index (χ3n) is 5.82. The molecule has 1 atom stereocenters. The first-order valence-corrected chi connectivity index (χ1v) is 11.3. The average Bonchev–Trinajstić information content (AvgIpc) is 3.23. The van der Waals surface area contributed by atoms with Crippen LogP contribution in [-0.4, -0.2) is 37.5 Å². The molecule has 0 spiro atoms. The topological polar surface area (TPSA) is 116 Å². The van der Waals surface area contributed by atoms with Gasteiger partial charge in [-0.25, -0.2) is 15.0 Å². The van der Waals surface area contributed by atoms with Crippen LogP contribution in [0, 0.1) is 0 Å². The fraction of sp³-hybridized carbons (Fsp3) is 0.500. The van der Waals surface area contributed by atoms with Crippen molar-refractivity contribution in [2.75, 3.05) is 12.8 Å². The highest BCUT2D eigenvalue weighted by atomic mass is 16.5. The molecule has 0 fully saturated rings. The number of carbonyl (C=O) groups excluding carboxylic acids is 1. The maximum absolute atomic E-state index is 12.9. The van der Waals surface area contributed by atoms with Crippen molar-refractivity contribution in [1.29, 1.82) is 0 Å². The van der Waals surface area contributed by atoms with Crippen molar-refractivity contribution in [1.82, 2.24) is 19.5 Å². The van der Waals surface area contributed by atoms with Crippen molar-refractivity contribution in [3.8, 4) is 11.5 Å². The number of phenols is 1. The summed E-state index contributed by atoms with van der Waals surface area (Å²) in [5.74, 6) is 1.04. The van der Waals surface area contributed by atoms with E-state index in [1.165, 1.54) is 32.7 Å². The molecule has 0 aliphatic rings. The van der Waals surface area contributed by atoms with E-state index in [4.69, 9.17) is 10.5 Å². The number of ether oxygens (including phenoxy) is 1. The molecule has 1 aromatic carbocycles. The van der Waals surface area contributed by atoms with E-state index >= 15 is 0 Å². The van der Waals surface area contributed by atoms with Crippen LogP contribution in [0.2, 0.25) is 0 Å². The molecule has 0 aliphatic heterocycles. The van der Waals surface area contributed by atoms with Crippen molar-refractivity contribution >= 4 is 22.8 Å². The fourth-order valence-electron chi connectivity index (χ4n) is 3.99. The van der Waals surface area contributed by atoms with Gasteiger partial charge in [-0.2, -0.15) is 0 Å². The normalized spacial score (nSPS) is 12.2. The number of nitrogens with zero attached hydrogens (tertiary/aromatic N) is 4. The summed E-state index contributed by atoms with van der Waals surface area (Å²) in [7, 11) is 1.51. The zero-order valence-corrected chi connectivity index (χ0v) is 19.0. The number of methoxy groups -OCH3 is 1. The van der Waals surface area contributed by atoms with Gasteiger partial charge in [0.05, 0.1) is 13.4 Å². The lowest BCUT2D eigenvalue weighted by Crippen LogP contribution is -2.15. The summed E-state index contributed by atoms with van der Waals surface area (Å²) in [6, 6.07) is 5.17. The van der Waals surface area contributed by atoms with Gasteiger partial charge < -0.3 is 20.1 Å². The first-order chi connectivity index (χ1) is 15.5. The summed E-state index contributed by atoms with van der Waals surface area (Å²) in [5, 5.41) is 9.76. The van der Waals surface area contributed by atoms with Crippen LogP contribution in [0.5, 0.6) is 11.5 Å². The van der Waals surface area contributed by atoms with Crippen LogP contribution in [0.4, 0.5) is 5.82 Å². The number of nitrogens with two attached hydrogens (primary N) is 1. The molecule has 0 bridgehead atoms. The number of imidazole rings is 1. The Labute approximate surface area is 188 Å². The third kappa shape index (κ3) is 5.96. The number of carbonyl (C=O) groups is 1. The van der Waals surface area contributed by atoms with Gasteiger partial charge in [-0.05, 0) is 30.5 Å². The largest absolute Gasteiger partial charge is 0.504 e. The molecule has 8 heteroatoms. The lowest BCUT2D eigenvalue weighted by Gasteiger charge is -2.19. The number of nitrogen functional groups attached to an aromatic ring is 1. The summed E-state index contributed by atoms with van der Waals surface area (Å²) >= 11 is 0. The molecule has 3 N–H and O–H groups in total. The number of fused-ring (bicyclic) bond motifs is 1. The number of aromatic nitrogens is 4. The SMILES string of the molecule is CCCCCCC[C@@H](CC(=O)CCc1ccc(O)c(OC)c1)n1cnc2c(N)ncnc21. The molecule has 2 aromatic heterocycles. The number of aryl methyl sites for hydroxylation is 1. The number of aromatic hydroxyl groups is 1. The van der Waals surface area contributed by atoms with E-state index in [9.17, 15) is 9.90 Å². The Morgan fingerprint density at radius 2 is 2.00 bits per heavy atom. The van der Waals surface area contributed by atoms with E-state index in [0.717, 1.165) is 24.8 Å². The van der Waals surface area contributed by atoms with E-state index in [2.05, 4.69) is 21.9 Å². The Kier molecular flexibility index (Phi) is 8.41. The molecule has 32 heavy (non-hydrogen) atoms. The molecule has 172 valence electrons. The summed E-state index contributed by atoms with van der Waals surface area (Å²) in [6.45, 7) is 2.20. The minimum Gasteiger partial charge on any atom is -0.504 e. The van der Waals surface area contributed by atoms with Crippen LogP contribution in [0.3, 0.4) is 0 Å². The Morgan fingerprint density at radius 3 is 2.78 bits per heavy atom. The number of hydrogen-bond acceptors (Lipinski definition) is 7. The Morgan fingerprint density at radius 1 is 1.19 bits per heavy atom. The van der Waals surface area contributed by atoms with E-state index in [1.54, 1.807) is 18.5 Å². The van der Waals surface area contributed by atoms with E-state index < -0.39 is 0 Å². The summed E-state index contributed by atoms with van der Waals surface area (Å²) < 4.78 is 7.14. The predicted octanol–water partition coefficient (Wildman–Crippen LogP) is 4.62. The molecule has 0 saturated heterocycles. The molecule has 2 heterocycles. The number of benzene rings is 1.